The van der Waals surface area contributed by atoms with Gasteiger partial charge in [-0.1, -0.05) is 6.42 Å². The fourth-order valence-electron chi connectivity index (χ4n) is 1.77. The van der Waals surface area contributed by atoms with Crippen LogP contribution >= 0.6 is 0 Å². The molecule has 76 valence electrons. The van der Waals surface area contributed by atoms with Crippen LogP contribution in [0, 0.1) is 5.92 Å². The zero-order valence-corrected chi connectivity index (χ0v) is 8.13. The van der Waals surface area contributed by atoms with Crippen molar-refractivity contribution in [3.05, 3.63) is 0 Å². The predicted molar refractivity (Wildman–Crippen MR) is 51.2 cm³/mol. The molecule has 0 saturated carbocycles. The number of hydrogen-bond donors (Lipinski definition) is 1. The molecule has 0 radical (unpaired) electrons. The molecule has 1 atom stereocenters. The van der Waals surface area contributed by atoms with Crippen LogP contribution in [0.3, 0.4) is 0 Å². The number of carbonyl (C=O) groups is 1. The van der Waals surface area contributed by atoms with Gasteiger partial charge < -0.3 is 10.5 Å². The number of primary amides is 1. The van der Waals surface area contributed by atoms with Gasteiger partial charge in [-0.15, -0.1) is 0 Å². The lowest BCUT2D eigenvalue weighted by Gasteiger charge is -2.21. The van der Waals surface area contributed by atoms with E-state index in [1.807, 2.05) is 0 Å². The van der Waals surface area contributed by atoms with Gasteiger partial charge in [-0.05, 0) is 31.6 Å². The van der Waals surface area contributed by atoms with Crippen molar-refractivity contribution in [2.75, 3.05) is 13.2 Å². The van der Waals surface area contributed by atoms with Crippen LogP contribution in [0.1, 0.15) is 38.5 Å². The average molecular weight is 185 g/mol. The molecule has 2 N–H and O–H groups in total. The number of rotatable bonds is 5. The first kappa shape index (κ1) is 10.5. The zero-order valence-electron chi connectivity index (χ0n) is 8.13. The molecule has 1 rings (SSSR count). The SMILES string of the molecule is NC(=O)CCCCC1CCCOC1. The maximum atomic E-state index is 10.4. The Hall–Kier alpha value is -0.570. The first-order chi connectivity index (χ1) is 6.29. The third-order valence-corrected chi connectivity index (χ3v) is 2.54. The molecular weight excluding hydrogens is 166 g/mol. The molecule has 0 aromatic heterocycles. The Bertz CT molecular complexity index is 153. The first-order valence-corrected chi connectivity index (χ1v) is 5.15. The van der Waals surface area contributed by atoms with Crippen LogP contribution in [-0.4, -0.2) is 19.1 Å². The second-order valence-corrected chi connectivity index (χ2v) is 3.80. The number of carbonyl (C=O) groups excluding carboxylic acids is 1. The smallest absolute Gasteiger partial charge is 0.217 e. The third kappa shape index (κ3) is 4.88. The summed E-state index contributed by atoms with van der Waals surface area (Å²) in [4.78, 5) is 10.4. The number of ether oxygens (including phenoxy) is 1. The molecule has 0 aromatic carbocycles. The van der Waals surface area contributed by atoms with Crippen molar-refractivity contribution in [3.8, 4) is 0 Å². The molecule has 1 heterocycles. The lowest BCUT2D eigenvalue weighted by atomic mass is 9.95. The van der Waals surface area contributed by atoms with Gasteiger partial charge in [0.15, 0.2) is 0 Å². The fourth-order valence-corrected chi connectivity index (χ4v) is 1.77. The molecule has 0 aliphatic carbocycles. The topological polar surface area (TPSA) is 52.3 Å². The van der Waals surface area contributed by atoms with Crippen molar-refractivity contribution in [1.29, 1.82) is 0 Å². The van der Waals surface area contributed by atoms with Gasteiger partial charge in [0.25, 0.3) is 0 Å². The molecule has 1 aliphatic heterocycles. The minimum Gasteiger partial charge on any atom is -0.381 e. The lowest BCUT2D eigenvalue weighted by Crippen LogP contribution is -2.17. The Balaban J connectivity index is 1.95. The van der Waals surface area contributed by atoms with Crippen LogP contribution in [0.4, 0.5) is 0 Å². The highest BCUT2D eigenvalue weighted by Crippen LogP contribution is 2.19. The highest BCUT2D eigenvalue weighted by Gasteiger charge is 2.12. The Morgan fingerprint density at radius 1 is 1.46 bits per heavy atom. The van der Waals surface area contributed by atoms with E-state index in [1.165, 1.54) is 19.3 Å². The highest BCUT2D eigenvalue weighted by molar-refractivity contribution is 5.73. The van der Waals surface area contributed by atoms with Crippen molar-refractivity contribution < 1.29 is 9.53 Å². The molecule has 1 saturated heterocycles. The van der Waals surface area contributed by atoms with Gasteiger partial charge >= 0.3 is 0 Å². The fraction of sp³-hybridized carbons (Fsp3) is 0.900. The molecule has 1 unspecified atom stereocenters. The summed E-state index contributed by atoms with van der Waals surface area (Å²) in [7, 11) is 0. The van der Waals surface area contributed by atoms with Gasteiger partial charge in [-0.2, -0.15) is 0 Å². The molecule has 1 amide bonds. The van der Waals surface area contributed by atoms with E-state index in [1.54, 1.807) is 0 Å². The standard InChI is InChI=1S/C10H19NO2/c11-10(12)6-2-1-4-9-5-3-7-13-8-9/h9H,1-8H2,(H2,11,12). The van der Waals surface area contributed by atoms with E-state index >= 15 is 0 Å². The van der Waals surface area contributed by atoms with Crippen molar-refractivity contribution in [2.24, 2.45) is 11.7 Å². The molecule has 1 fully saturated rings. The van der Waals surface area contributed by atoms with Crippen LogP contribution in [0.15, 0.2) is 0 Å². The van der Waals surface area contributed by atoms with E-state index in [2.05, 4.69) is 0 Å². The normalized spacial score (nSPS) is 22.9. The van der Waals surface area contributed by atoms with Crippen LogP contribution in [0.5, 0.6) is 0 Å². The quantitative estimate of drug-likeness (QED) is 0.659. The van der Waals surface area contributed by atoms with Crippen LogP contribution < -0.4 is 5.73 Å². The molecule has 3 heteroatoms. The average Bonchev–Trinajstić information content (AvgIpc) is 2.14. The van der Waals surface area contributed by atoms with E-state index in [0.717, 1.165) is 32.0 Å². The van der Waals surface area contributed by atoms with E-state index in [4.69, 9.17) is 10.5 Å². The zero-order chi connectivity index (χ0) is 9.52. The van der Waals surface area contributed by atoms with Crippen LogP contribution in [0.25, 0.3) is 0 Å². The van der Waals surface area contributed by atoms with Crippen molar-refractivity contribution in [2.45, 2.75) is 38.5 Å². The highest BCUT2D eigenvalue weighted by atomic mass is 16.5. The summed E-state index contributed by atoms with van der Waals surface area (Å²) < 4.78 is 5.37. The summed E-state index contributed by atoms with van der Waals surface area (Å²) in [6.07, 6.45) is 6.25. The number of nitrogens with two attached hydrogens (primary N) is 1. The molecular formula is C10H19NO2. The summed E-state index contributed by atoms with van der Waals surface area (Å²) in [6.45, 7) is 1.84. The second kappa shape index (κ2) is 5.97. The lowest BCUT2D eigenvalue weighted by molar-refractivity contribution is -0.118. The Morgan fingerprint density at radius 3 is 2.92 bits per heavy atom. The van der Waals surface area contributed by atoms with Crippen molar-refractivity contribution in [3.63, 3.8) is 0 Å². The molecule has 3 nitrogen and oxygen atoms in total. The van der Waals surface area contributed by atoms with E-state index < -0.39 is 0 Å². The summed E-state index contributed by atoms with van der Waals surface area (Å²) in [6, 6.07) is 0. The largest absolute Gasteiger partial charge is 0.381 e. The molecule has 13 heavy (non-hydrogen) atoms. The van der Waals surface area contributed by atoms with Gasteiger partial charge in [0, 0.05) is 19.6 Å². The molecule has 1 aliphatic rings. The minimum atomic E-state index is -0.181. The van der Waals surface area contributed by atoms with Gasteiger partial charge in [-0.25, -0.2) is 0 Å². The maximum absolute atomic E-state index is 10.4. The third-order valence-electron chi connectivity index (χ3n) is 2.54. The number of unbranched alkanes of at least 4 members (excludes halogenated alkanes) is 1. The molecule has 0 aromatic rings. The van der Waals surface area contributed by atoms with Gasteiger partial charge in [0.1, 0.15) is 0 Å². The monoisotopic (exact) mass is 185 g/mol. The Morgan fingerprint density at radius 2 is 2.31 bits per heavy atom. The van der Waals surface area contributed by atoms with E-state index in [9.17, 15) is 4.79 Å². The second-order valence-electron chi connectivity index (χ2n) is 3.80. The van der Waals surface area contributed by atoms with Crippen LogP contribution in [0.2, 0.25) is 0 Å². The van der Waals surface area contributed by atoms with E-state index in [0.29, 0.717) is 6.42 Å². The molecule has 0 spiro atoms. The maximum Gasteiger partial charge on any atom is 0.217 e. The summed E-state index contributed by atoms with van der Waals surface area (Å²) in [5.74, 6) is 0.543. The predicted octanol–water partition coefficient (Wildman–Crippen LogP) is 1.46. The van der Waals surface area contributed by atoms with E-state index in [-0.39, 0.29) is 5.91 Å². The molecule has 0 bridgehead atoms. The number of amides is 1. The van der Waals surface area contributed by atoms with Crippen molar-refractivity contribution in [1.82, 2.24) is 0 Å². The van der Waals surface area contributed by atoms with Crippen molar-refractivity contribution >= 4 is 5.91 Å². The van der Waals surface area contributed by atoms with Gasteiger partial charge in [-0.3, -0.25) is 4.79 Å². The first-order valence-electron chi connectivity index (χ1n) is 5.15. The Labute approximate surface area is 79.6 Å². The minimum absolute atomic E-state index is 0.181. The van der Waals surface area contributed by atoms with Gasteiger partial charge in [0.2, 0.25) is 5.91 Å². The number of hydrogen-bond acceptors (Lipinski definition) is 2. The van der Waals surface area contributed by atoms with Gasteiger partial charge in [0.05, 0.1) is 0 Å². The van der Waals surface area contributed by atoms with Crippen LogP contribution in [-0.2, 0) is 9.53 Å². The summed E-state index contributed by atoms with van der Waals surface area (Å²) in [5, 5.41) is 0. The Kier molecular flexibility index (Phi) is 4.83. The summed E-state index contributed by atoms with van der Waals surface area (Å²) >= 11 is 0. The summed E-state index contributed by atoms with van der Waals surface area (Å²) in [5.41, 5.74) is 5.05.